The number of hydrogen-bond acceptors (Lipinski definition) is 1. The van der Waals surface area contributed by atoms with Crippen LogP contribution >= 0.6 is 0 Å². The Morgan fingerprint density at radius 3 is 1.82 bits per heavy atom. The molecule has 0 aromatic heterocycles. The van der Waals surface area contributed by atoms with Gasteiger partial charge in [0.1, 0.15) is 0 Å². The van der Waals surface area contributed by atoms with Crippen molar-refractivity contribution in [1.29, 1.82) is 0 Å². The van der Waals surface area contributed by atoms with E-state index in [1.807, 2.05) is 6.92 Å². The second-order valence-corrected chi connectivity index (χ2v) is 6.02. The molecule has 112 valence electrons. The Kier molecular flexibility index (Phi) is 4.61. The summed E-state index contributed by atoms with van der Waals surface area (Å²) < 4.78 is 0. The molecule has 1 aliphatic rings. The summed E-state index contributed by atoms with van der Waals surface area (Å²) >= 11 is 0. The van der Waals surface area contributed by atoms with E-state index in [4.69, 9.17) is 0 Å². The minimum Gasteiger partial charge on any atom is -0.292 e. The average Bonchev–Trinajstić information content (AvgIpc) is 2.62. The Balaban J connectivity index is 1.91. The molecule has 0 atom stereocenters. The third-order valence-electron chi connectivity index (χ3n) is 4.84. The number of benzene rings is 2. The van der Waals surface area contributed by atoms with Gasteiger partial charge in [0.2, 0.25) is 0 Å². The van der Waals surface area contributed by atoms with E-state index in [1.165, 1.54) is 11.1 Å². The number of likely N-dealkylation sites (tertiary alicyclic amines) is 1. The molecule has 22 heavy (non-hydrogen) atoms. The van der Waals surface area contributed by atoms with Crippen molar-refractivity contribution >= 4 is 0 Å². The van der Waals surface area contributed by atoms with Crippen molar-refractivity contribution in [3.8, 4) is 11.8 Å². The molecule has 3 rings (SSSR count). The van der Waals surface area contributed by atoms with Gasteiger partial charge in [0.15, 0.2) is 0 Å². The molecule has 0 saturated carbocycles. The van der Waals surface area contributed by atoms with Crippen LogP contribution in [0.4, 0.5) is 0 Å². The summed E-state index contributed by atoms with van der Waals surface area (Å²) in [4.78, 5) is 2.47. The lowest BCUT2D eigenvalue weighted by Gasteiger charge is -2.42. The van der Waals surface area contributed by atoms with E-state index < -0.39 is 0 Å². The Morgan fingerprint density at radius 2 is 1.36 bits per heavy atom. The molecule has 0 aliphatic carbocycles. The normalized spacial score (nSPS) is 17.5. The molecule has 1 nitrogen and oxygen atoms in total. The zero-order valence-electron chi connectivity index (χ0n) is 13.3. The first-order chi connectivity index (χ1) is 10.8. The summed E-state index contributed by atoms with van der Waals surface area (Å²) in [5.41, 5.74) is 3.04. The highest BCUT2D eigenvalue weighted by atomic mass is 15.1. The number of piperidine rings is 1. The molecule has 0 spiro atoms. The van der Waals surface area contributed by atoms with Gasteiger partial charge in [-0.1, -0.05) is 66.6 Å². The smallest absolute Gasteiger partial charge is 0.0601 e. The fourth-order valence-corrected chi connectivity index (χ4v) is 3.54. The lowest BCUT2D eigenvalue weighted by atomic mass is 9.68. The molecule has 0 radical (unpaired) electrons. The van der Waals surface area contributed by atoms with Crippen molar-refractivity contribution < 1.29 is 0 Å². The molecular formula is C21H23N. The third kappa shape index (κ3) is 2.93. The fraction of sp³-hybridized carbons (Fsp3) is 0.333. The minimum atomic E-state index is 0.151. The maximum Gasteiger partial charge on any atom is 0.0601 e. The van der Waals surface area contributed by atoms with Crippen LogP contribution < -0.4 is 0 Å². The molecule has 1 heteroatoms. The van der Waals surface area contributed by atoms with Gasteiger partial charge in [-0.25, -0.2) is 0 Å². The molecule has 1 aliphatic heterocycles. The molecule has 1 heterocycles. The highest BCUT2D eigenvalue weighted by Gasteiger charge is 2.37. The van der Waals surface area contributed by atoms with Crippen LogP contribution in [0.1, 0.15) is 30.9 Å². The molecule has 0 N–H and O–H groups in total. The van der Waals surface area contributed by atoms with Gasteiger partial charge in [-0.15, -0.1) is 5.92 Å². The largest absolute Gasteiger partial charge is 0.292 e. The summed E-state index contributed by atoms with van der Waals surface area (Å²) in [5.74, 6) is 6.21. The molecule has 0 bridgehead atoms. The van der Waals surface area contributed by atoms with Gasteiger partial charge >= 0.3 is 0 Å². The Morgan fingerprint density at radius 1 is 0.864 bits per heavy atom. The van der Waals surface area contributed by atoms with Gasteiger partial charge in [-0.2, -0.15) is 0 Å². The third-order valence-corrected chi connectivity index (χ3v) is 4.84. The van der Waals surface area contributed by atoms with E-state index in [0.29, 0.717) is 0 Å². The fourth-order valence-electron chi connectivity index (χ4n) is 3.54. The highest BCUT2D eigenvalue weighted by Crippen LogP contribution is 2.41. The van der Waals surface area contributed by atoms with Gasteiger partial charge in [0.25, 0.3) is 0 Å². The minimum absolute atomic E-state index is 0.151. The van der Waals surface area contributed by atoms with Gasteiger partial charge in [0, 0.05) is 18.5 Å². The van der Waals surface area contributed by atoms with E-state index in [-0.39, 0.29) is 5.41 Å². The number of hydrogen-bond donors (Lipinski definition) is 0. The SMILES string of the molecule is CC#CCN1CCC(c2ccccc2)(c2ccccc2)CC1. The summed E-state index contributed by atoms with van der Waals surface area (Å²) in [5, 5.41) is 0. The standard InChI is InChI=1S/C21H23N/c1-2-3-16-22-17-14-21(15-18-22,19-10-6-4-7-11-19)20-12-8-5-9-13-20/h4-13H,14-18H2,1H3. The maximum absolute atomic E-state index is 3.20. The highest BCUT2D eigenvalue weighted by molar-refractivity contribution is 5.40. The maximum atomic E-state index is 3.20. The first-order valence-electron chi connectivity index (χ1n) is 8.08. The van der Waals surface area contributed by atoms with Crippen molar-refractivity contribution in [3.63, 3.8) is 0 Å². The van der Waals surface area contributed by atoms with Crippen LogP contribution in [0.5, 0.6) is 0 Å². The first-order valence-corrected chi connectivity index (χ1v) is 8.08. The van der Waals surface area contributed by atoms with Crippen molar-refractivity contribution in [1.82, 2.24) is 4.90 Å². The van der Waals surface area contributed by atoms with Crippen LogP contribution in [0.2, 0.25) is 0 Å². The van der Waals surface area contributed by atoms with Gasteiger partial charge in [0.05, 0.1) is 6.54 Å². The zero-order valence-corrected chi connectivity index (χ0v) is 13.3. The van der Waals surface area contributed by atoms with Crippen LogP contribution in [0.15, 0.2) is 60.7 Å². The molecule has 1 saturated heterocycles. The number of rotatable bonds is 3. The quantitative estimate of drug-likeness (QED) is 0.769. The van der Waals surface area contributed by atoms with E-state index >= 15 is 0 Å². The summed E-state index contributed by atoms with van der Waals surface area (Å²) in [7, 11) is 0. The Hall–Kier alpha value is -2.04. The Labute approximate surface area is 134 Å². The number of nitrogens with zero attached hydrogens (tertiary/aromatic N) is 1. The van der Waals surface area contributed by atoms with Crippen LogP contribution in [-0.4, -0.2) is 24.5 Å². The van der Waals surface area contributed by atoms with Crippen molar-refractivity contribution in [3.05, 3.63) is 71.8 Å². The van der Waals surface area contributed by atoms with Crippen molar-refractivity contribution in [2.24, 2.45) is 0 Å². The molecule has 2 aromatic rings. The zero-order chi connectivity index (χ0) is 15.3. The first kappa shape index (κ1) is 14.9. The predicted octanol–water partition coefficient (Wildman–Crippen LogP) is 4.09. The summed E-state index contributed by atoms with van der Waals surface area (Å²) in [6.45, 7) is 5.04. The van der Waals surface area contributed by atoms with Crippen molar-refractivity contribution in [2.75, 3.05) is 19.6 Å². The molecule has 1 fully saturated rings. The van der Waals surface area contributed by atoms with E-state index in [0.717, 1.165) is 32.5 Å². The van der Waals surface area contributed by atoms with Gasteiger partial charge < -0.3 is 0 Å². The second-order valence-electron chi connectivity index (χ2n) is 6.02. The Bertz CT molecular complexity index is 599. The van der Waals surface area contributed by atoms with E-state index in [9.17, 15) is 0 Å². The predicted molar refractivity (Wildman–Crippen MR) is 92.8 cm³/mol. The molecule has 2 aromatic carbocycles. The van der Waals surface area contributed by atoms with Crippen LogP contribution in [0, 0.1) is 11.8 Å². The lowest BCUT2D eigenvalue weighted by molar-refractivity contribution is 0.197. The molecular weight excluding hydrogens is 266 g/mol. The van der Waals surface area contributed by atoms with Gasteiger partial charge in [-0.05, 0) is 30.9 Å². The van der Waals surface area contributed by atoms with E-state index in [1.54, 1.807) is 0 Å². The van der Waals surface area contributed by atoms with Crippen LogP contribution in [-0.2, 0) is 5.41 Å². The van der Waals surface area contributed by atoms with E-state index in [2.05, 4.69) is 77.4 Å². The van der Waals surface area contributed by atoms with Crippen molar-refractivity contribution in [2.45, 2.75) is 25.2 Å². The van der Waals surface area contributed by atoms with Crippen LogP contribution in [0.3, 0.4) is 0 Å². The molecule has 0 unspecified atom stereocenters. The van der Waals surface area contributed by atoms with Crippen LogP contribution in [0.25, 0.3) is 0 Å². The molecule has 0 amide bonds. The monoisotopic (exact) mass is 289 g/mol. The summed E-state index contributed by atoms with van der Waals surface area (Å²) in [6.07, 6.45) is 2.32. The lowest BCUT2D eigenvalue weighted by Crippen LogP contribution is -2.43. The topological polar surface area (TPSA) is 3.24 Å². The summed E-state index contributed by atoms with van der Waals surface area (Å²) in [6, 6.07) is 22.0. The second kappa shape index (κ2) is 6.81. The average molecular weight is 289 g/mol. The van der Waals surface area contributed by atoms with Gasteiger partial charge in [-0.3, -0.25) is 4.90 Å².